The van der Waals surface area contributed by atoms with Gasteiger partial charge < -0.3 is 15.4 Å². The molecule has 2 N–H and O–H groups in total. The molecule has 0 unspecified atom stereocenters. The van der Waals surface area contributed by atoms with Gasteiger partial charge in [-0.05, 0) is 80.4 Å². The summed E-state index contributed by atoms with van der Waals surface area (Å²) in [5, 5.41) is 5.72. The summed E-state index contributed by atoms with van der Waals surface area (Å²) < 4.78 is 45.7. The topological polar surface area (TPSA) is 33.3 Å². The fourth-order valence-electron chi connectivity index (χ4n) is 2.09. The Kier molecular flexibility index (Phi) is 6.78. The second-order valence-electron chi connectivity index (χ2n) is 4.99. The highest BCUT2D eigenvalue weighted by Crippen LogP contribution is 2.37. The standard InChI is InChI=1S/C17H15Br2F3N2O/c1-25-13-5-2-11(3-6-13)24-12-4-7-15(23-9-8-16(18)19)14(10-12)17(20,21)22/h2-8,10,23-24H,9H2,1H3. The lowest BCUT2D eigenvalue weighted by Crippen LogP contribution is -2.11. The third kappa shape index (κ3) is 5.97. The van der Waals surface area contributed by atoms with Gasteiger partial charge in [-0.1, -0.05) is 0 Å². The minimum absolute atomic E-state index is 0.0188. The predicted octanol–water partition coefficient (Wildman–Crippen LogP) is 6.50. The first-order chi connectivity index (χ1) is 11.8. The van der Waals surface area contributed by atoms with E-state index in [2.05, 4.69) is 42.5 Å². The van der Waals surface area contributed by atoms with Gasteiger partial charge in [0.1, 0.15) is 5.75 Å². The number of alkyl halides is 3. The molecule has 0 radical (unpaired) electrons. The Morgan fingerprint density at radius 2 is 1.72 bits per heavy atom. The number of methoxy groups -OCH3 is 1. The van der Waals surface area contributed by atoms with E-state index in [-0.39, 0.29) is 12.2 Å². The van der Waals surface area contributed by atoms with Crippen LogP contribution in [0.3, 0.4) is 0 Å². The molecule has 0 fully saturated rings. The van der Waals surface area contributed by atoms with Gasteiger partial charge in [0, 0.05) is 23.6 Å². The number of hydrogen-bond acceptors (Lipinski definition) is 3. The molecule has 0 amide bonds. The highest BCUT2D eigenvalue weighted by molar-refractivity contribution is 9.28. The minimum atomic E-state index is -4.46. The molecule has 0 aliphatic heterocycles. The van der Waals surface area contributed by atoms with Gasteiger partial charge in [0.05, 0.1) is 16.1 Å². The van der Waals surface area contributed by atoms with Crippen LogP contribution in [0, 0.1) is 0 Å². The molecular formula is C17H15Br2F3N2O. The molecule has 3 nitrogen and oxygen atoms in total. The van der Waals surface area contributed by atoms with Crippen molar-refractivity contribution in [3.63, 3.8) is 0 Å². The van der Waals surface area contributed by atoms with Gasteiger partial charge in [0.15, 0.2) is 0 Å². The second kappa shape index (κ2) is 8.62. The third-order valence-electron chi connectivity index (χ3n) is 3.25. The van der Waals surface area contributed by atoms with E-state index in [1.807, 2.05) is 0 Å². The molecule has 0 spiro atoms. The van der Waals surface area contributed by atoms with Gasteiger partial charge in [-0.3, -0.25) is 0 Å². The van der Waals surface area contributed by atoms with Gasteiger partial charge in [-0.15, -0.1) is 0 Å². The van der Waals surface area contributed by atoms with E-state index >= 15 is 0 Å². The molecule has 0 bridgehead atoms. The van der Waals surface area contributed by atoms with Crippen LogP contribution in [0.5, 0.6) is 5.75 Å². The van der Waals surface area contributed by atoms with E-state index in [0.717, 1.165) is 6.07 Å². The first-order valence-electron chi connectivity index (χ1n) is 7.17. The molecule has 0 saturated heterocycles. The van der Waals surface area contributed by atoms with Crippen LogP contribution in [0.15, 0.2) is 51.9 Å². The lowest BCUT2D eigenvalue weighted by molar-refractivity contribution is -0.136. The lowest BCUT2D eigenvalue weighted by atomic mass is 10.1. The molecule has 2 aromatic carbocycles. The van der Waals surface area contributed by atoms with Crippen molar-refractivity contribution < 1.29 is 17.9 Å². The Bertz CT molecular complexity index is 743. The normalized spacial score (nSPS) is 11.0. The van der Waals surface area contributed by atoms with Crippen LogP contribution in [0.2, 0.25) is 0 Å². The first kappa shape index (κ1) is 19.7. The quantitative estimate of drug-likeness (QED) is 0.496. The minimum Gasteiger partial charge on any atom is -0.497 e. The molecule has 2 rings (SSSR count). The number of hydrogen-bond donors (Lipinski definition) is 2. The molecule has 25 heavy (non-hydrogen) atoms. The van der Waals surface area contributed by atoms with Crippen molar-refractivity contribution in [2.75, 3.05) is 24.3 Å². The van der Waals surface area contributed by atoms with Crippen LogP contribution in [0.25, 0.3) is 0 Å². The van der Waals surface area contributed by atoms with Crippen molar-refractivity contribution in [3.8, 4) is 5.75 Å². The Morgan fingerprint density at radius 1 is 1.08 bits per heavy atom. The van der Waals surface area contributed by atoms with Crippen molar-refractivity contribution in [2.45, 2.75) is 6.18 Å². The summed E-state index contributed by atoms with van der Waals surface area (Å²) in [5.74, 6) is 0.673. The van der Waals surface area contributed by atoms with Crippen molar-refractivity contribution in [1.29, 1.82) is 0 Å². The predicted molar refractivity (Wildman–Crippen MR) is 102 cm³/mol. The summed E-state index contributed by atoms with van der Waals surface area (Å²) in [7, 11) is 1.55. The van der Waals surface area contributed by atoms with Gasteiger partial charge in [-0.2, -0.15) is 13.2 Å². The Balaban J connectivity index is 2.23. The molecular weight excluding hydrogens is 465 g/mol. The van der Waals surface area contributed by atoms with Crippen LogP contribution < -0.4 is 15.4 Å². The number of rotatable bonds is 6. The van der Waals surface area contributed by atoms with Crippen LogP contribution in [0.4, 0.5) is 30.2 Å². The van der Waals surface area contributed by atoms with Gasteiger partial charge >= 0.3 is 6.18 Å². The van der Waals surface area contributed by atoms with Crippen LogP contribution in [0.1, 0.15) is 5.56 Å². The van der Waals surface area contributed by atoms with Crippen molar-refractivity contribution in [2.24, 2.45) is 0 Å². The van der Waals surface area contributed by atoms with E-state index in [1.54, 1.807) is 43.5 Å². The van der Waals surface area contributed by atoms with Crippen molar-refractivity contribution in [1.82, 2.24) is 0 Å². The average molecular weight is 480 g/mol. The van der Waals surface area contributed by atoms with E-state index < -0.39 is 11.7 Å². The van der Waals surface area contributed by atoms with E-state index in [0.29, 0.717) is 20.5 Å². The largest absolute Gasteiger partial charge is 0.497 e. The average Bonchev–Trinajstić information content (AvgIpc) is 2.55. The smallest absolute Gasteiger partial charge is 0.418 e. The van der Waals surface area contributed by atoms with E-state index in [1.165, 1.54) is 6.07 Å². The van der Waals surface area contributed by atoms with E-state index in [4.69, 9.17) is 4.74 Å². The summed E-state index contributed by atoms with van der Waals surface area (Å²) in [6.07, 6.45) is -2.79. The van der Waals surface area contributed by atoms with Gasteiger partial charge in [0.25, 0.3) is 0 Å². The maximum atomic E-state index is 13.3. The summed E-state index contributed by atoms with van der Waals surface area (Å²) in [4.78, 5) is 0. The molecule has 0 aliphatic rings. The zero-order valence-corrected chi connectivity index (χ0v) is 16.3. The number of ether oxygens (including phenoxy) is 1. The Hall–Kier alpha value is -1.67. The zero-order valence-electron chi connectivity index (χ0n) is 13.1. The maximum absolute atomic E-state index is 13.3. The molecule has 0 atom stereocenters. The fourth-order valence-corrected chi connectivity index (χ4v) is 2.41. The monoisotopic (exact) mass is 478 g/mol. The number of halogens is 5. The Morgan fingerprint density at radius 3 is 2.28 bits per heavy atom. The van der Waals surface area contributed by atoms with Gasteiger partial charge in [-0.25, -0.2) is 0 Å². The summed E-state index contributed by atoms with van der Waals surface area (Å²) in [6.45, 7) is 0.250. The summed E-state index contributed by atoms with van der Waals surface area (Å²) >= 11 is 6.32. The highest BCUT2D eigenvalue weighted by Gasteiger charge is 2.33. The Labute approximate surface area is 160 Å². The lowest BCUT2D eigenvalue weighted by Gasteiger charge is -2.16. The van der Waals surface area contributed by atoms with Crippen LogP contribution in [-0.2, 0) is 6.18 Å². The molecule has 2 aromatic rings. The molecule has 0 aromatic heterocycles. The van der Waals surface area contributed by atoms with Gasteiger partial charge in [0.2, 0.25) is 0 Å². The third-order valence-corrected chi connectivity index (χ3v) is 3.90. The number of nitrogens with one attached hydrogen (secondary N) is 2. The number of benzene rings is 2. The molecule has 8 heteroatoms. The van der Waals surface area contributed by atoms with Crippen molar-refractivity contribution in [3.05, 3.63) is 57.5 Å². The fraction of sp³-hybridized carbons (Fsp3) is 0.176. The van der Waals surface area contributed by atoms with Crippen LogP contribution >= 0.6 is 31.9 Å². The van der Waals surface area contributed by atoms with E-state index in [9.17, 15) is 13.2 Å². The molecule has 0 saturated carbocycles. The molecule has 0 aliphatic carbocycles. The molecule has 0 heterocycles. The first-order valence-corrected chi connectivity index (χ1v) is 8.75. The summed E-state index contributed by atoms with van der Waals surface area (Å²) in [6, 6.07) is 11.0. The zero-order chi connectivity index (χ0) is 18.4. The molecule has 134 valence electrons. The number of anilines is 3. The summed E-state index contributed by atoms with van der Waals surface area (Å²) in [5.41, 5.74) is 0.302. The van der Waals surface area contributed by atoms with Crippen molar-refractivity contribution >= 4 is 48.9 Å². The van der Waals surface area contributed by atoms with Crippen LogP contribution in [-0.4, -0.2) is 13.7 Å². The SMILES string of the molecule is COc1ccc(Nc2ccc(NCC=C(Br)Br)c(C(F)(F)F)c2)cc1. The maximum Gasteiger partial charge on any atom is 0.418 e. The second-order valence-corrected chi connectivity index (χ2v) is 7.76. The highest BCUT2D eigenvalue weighted by atomic mass is 79.9.